The van der Waals surface area contributed by atoms with E-state index in [0.29, 0.717) is 24.4 Å². The van der Waals surface area contributed by atoms with Gasteiger partial charge in [0, 0.05) is 25.7 Å². The largest absolute Gasteiger partial charge is 0.484 e. The summed E-state index contributed by atoms with van der Waals surface area (Å²) >= 11 is 0. The van der Waals surface area contributed by atoms with Gasteiger partial charge in [-0.3, -0.25) is 9.79 Å². The van der Waals surface area contributed by atoms with Crippen molar-refractivity contribution in [2.24, 2.45) is 4.99 Å². The van der Waals surface area contributed by atoms with Crippen molar-refractivity contribution in [3.05, 3.63) is 42.0 Å². The van der Waals surface area contributed by atoms with Crippen LogP contribution >= 0.6 is 24.0 Å². The van der Waals surface area contributed by atoms with Gasteiger partial charge in [-0.1, -0.05) is 24.3 Å². The van der Waals surface area contributed by atoms with Gasteiger partial charge in [-0.05, 0) is 43.4 Å². The summed E-state index contributed by atoms with van der Waals surface area (Å²) in [6.45, 7) is 0.705. The van der Waals surface area contributed by atoms with Crippen LogP contribution in [0, 0.1) is 0 Å². The van der Waals surface area contributed by atoms with Crippen molar-refractivity contribution < 1.29 is 9.53 Å². The first-order valence-electron chi connectivity index (χ1n) is 8.86. The van der Waals surface area contributed by atoms with E-state index in [4.69, 9.17) is 4.74 Å². The molecule has 1 aromatic carbocycles. The number of benzene rings is 1. The number of carbonyl (C=O) groups excluding carboxylic acids is 1. The second-order valence-electron chi connectivity index (χ2n) is 6.49. The third-order valence-corrected chi connectivity index (χ3v) is 4.24. The molecule has 1 saturated carbocycles. The molecule has 0 heterocycles. The number of amides is 1. The molecule has 0 atom stereocenters. The fourth-order valence-corrected chi connectivity index (χ4v) is 2.70. The Bertz CT molecular complexity index is 651. The molecule has 0 bridgehead atoms. The highest BCUT2D eigenvalue weighted by atomic mass is 127. The highest BCUT2D eigenvalue weighted by Crippen LogP contribution is 2.18. The van der Waals surface area contributed by atoms with Gasteiger partial charge in [0.1, 0.15) is 5.75 Å². The Labute approximate surface area is 171 Å². The SMILES string of the molecule is CN=C(NCc1cccc(OCC(=O)NC2CC2)c1)NC1CC=CC1.I. The van der Waals surface area contributed by atoms with Crippen LogP contribution in [-0.4, -0.2) is 37.6 Å². The summed E-state index contributed by atoms with van der Waals surface area (Å²) in [5, 5.41) is 9.64. The predicted molar refractivity (Wildman–Crippen MR) is 114 cm³/mol. The molecule has 26 heavy (non-hydrogen) atoms. The van der Waals surface area contributed by atoms with Crippen LogP contribution in [0.4, 0.5) is 0 Å². The topological polar surface area (TPSA) is 74.8 Å². The molecule has 0 aliphatic heterocycles. The molecule has 0 unspecified atom stereocenters. The maximum absolute atomic E-state index is 11.7. The molecule has 3 rings (SSSR count). The van der Waals surface area contributed by atoms with Crippen LogP contribution in [0.3, 0.4) is 0 Å². The molecule has 6 nitrogen and oxygen atoms in total. The molecular formula is C19H27IN4O2. The second-order valence-corrected chi connectivity index (χ2v) is 6.49. The summed E-state index contributed by atoms with van der Waals surface area (Å²) < 4.78 is 5.58. The van der Waals surface area contributed by atoms with Gasteiger partial charge in [-0.15, -0.1) is 24.0 Å². The molecule has 1 aromatic rings. The predicted octanol–water partition coefficient (Wildman–Crippen LogP) is 2.35. The molecule has 3 N–H and O–H groups in total. The van der Waals surface area contributed by atoms with E-state index in [1.165, 1.54) is 0 Å². The zero-order valence-electron chi connectivity index (χ0n) is 15.0. The van der Waals surface area contributed by atoms with Crippen LogP contribution in [0.5, 0.6) is 5.75 Å². The quantitative estimate of drug-likeness (QED) is 0.248. The van der Waals surface area contributed by atoms with E-state index in [0.717, 1.165) is 37.2 Å². The lowest BCUT2D eigenvalue weighted by atomic mass is 10.2. The molecule has 1 fully saturated rings. The van der Waals surface area contributed by atoms with Crippen LogP contribution in [0.1, 0.15) is 31.2 Å². The summed E-state index contributed by atoms with van der Waals surface area (Å²) in [5.74, 6) is 1.44. The number of carbonyl (C=O) groups is 1. The lowest BCUT2D eigenvalue weighted by Crippen LogP contribution is -2.42. The minimum absolute atomic E-state index is 0. The Morgan fingerprint density at radius 1 is 1.19 bits per heavy atom. The van der Waals surface area contributed by atoms with Gasteiger partial charge in [0.15, 0.2) is 12.6 Å². The first kappa shape index (κ1) is 20.5. The lowest BCUT2D eigenvalue weighted by Gasteiger charge is -2.17. The molecular weight excluding hydrogens is 443 g/mol. The minimum Gasteiger partial charge on any atom is -0.484 e. The highest BCUT2D eigenvalue weighted by Gasteiger charge is 2.23. The highest BCUT2D eigenvalue weighted by molar-refractivity contribution is 14.0. The monoisotopic (exact) mass is 470 g/mol. The first-order valence-corrected chi connectivity index (χ1v) is 8.86. The van der Waals surface area contributed by atoms with Gasteiger partial charge in [-0.2, -0.15) is 0 Å². The third-order valence-electron chi connectivity index (χ3n) is 4.24. The van der Waals surface area contributed by atoms with Crippen LogP contribution in [0.2, 0.25) is 0 Å². The van der Waals surface area contributed by atoms with E-state index in [9.17, 15) is 4.79 Å². The number of nitrogens with one attached hydrogen (secondary N) is 3. The molecule has 0 spiro atoms. The van der Waals surface area contributed by atoms with Crippen LogP contribution in [0.15, 0.2) is 41.4 Å². The summed E-state index contributed by atoms with van der Waals surface area (Å²) in [4.78, 5) is 16.0. The summed E-state index contributed by atoms with van der Waals surface area (Å²) in [6.07, 6.45) is 8.61. The summed E-state index contributed by atoms with van der Waals surface area (Å²) in [5.41, 5.74) is 1.08. The van der Waals surface area contributed by atoms with E-state index < -0.39 is 0 Å². The average Bonchev–Trinajstić information content (AvgIpc) is 3.29. The Morgan fingerprint density at radius 2 is 1.96 bits per heavy atom. The molecule has 0 aromatic heterocycles. The van der Waals surface area contributed by atoms with Crippen LogP contribution in [0.25, 0.3) is 0 Å². The van der Waals surface area contributed by atoms with Crippen molar-refractivity contribution >= 4 is 35.8 Å². The standard InChI is InChI=1S/C19H26N4O2.HI/c1-20-19(23-15-6-2-3-7-15)21-12-14-5-4-8-17(11-14)25-13-18(24)22-16-9-10-16;/h2-5,8,11,15-16H,6-7,9-10,12-13H2,1H3,(H,22,24)(H2,20,21,23);1H. The van der Waals surface area contributed by atoms with Gasteiger partial charge < -0.3 is 20.7 Å². The zero-order chi connectivity index (χ0) is 17.5. The zero-order valence-corrected chi connectivity index (χ0v) is 17.4. The molecule has 142 valence electrons. The maximum atomic E-state index is 11.7. The van der Waals surface area contributed by atoms with E-state index in [-0.39, 0.29) is 36.5 Å². The molecule has 7 heteroatoms. The number of halogens is 1. The molecule has 0 radical (unpaired) electrons. The van der Waals surface area contributed by atoms with Crippen molar-refractivity contribution in [3.8, 4) is 5.75 Å². The second kappa shape index (κ2) is 10.4. The fourth-order valence-electron chi connectivity index (χ4n) is 2.70. The maximum Gasteiger partial charge on any atom is 0.258 e. The van der Waals surface area contributed by atoms with Gasteiger partial charge in [-0.25, -0.2) is 0 Å². The van der Waals surface area contributed by atoms with Crippen LogP contribution < -0.4 is 20.7 Å². The molecule has 2 aliphatic rings. The smallest absolute Gasteiger partial charge is 0.258 e. The van der Waals surface area contributed by atoms with Crippen molar-refractivity contribution in [2.75, 3.05) is 13.7 Å². The number of nitrogens with zero attached hydrogens (tertiary/aromatic N) is 1. The van der Waals surface area contributed by atoms with E-state index in [1.54, 1.807) is 7.05 Å². The van der Waals surface area contributed by atoms with Crippen molar-refractivity contribution in [1.82, 2.24) is 16.0 Å². The van der Waals surface area contributed by atoms with Crippen LogP contribution in [-0.2, 0) is 11.3 Å². The van der Waals surface area contributed by atoms with Gasteiger partial charge in [0.2, 0.25) is 0 Å². The first-order chi connectivity index (χ1) is 12.2. The summed E-state index contributed by atoms with van der Waals surface area (Å²) in [7, 11) is 1.77. The molecule has 2 aliphatic carbocycles. The fraction of sp³-hybridized carbons (Fsp3) is 0.474. The Morgan fingerprint density at radius 3 is 2.65 bits per heavy atom. The van der Waals surface area contributed by atoms with Gasteiger partial charge in [0.25, 0.3) is 5.91 Å². The molecule has 1 amide bonds. The lowest BCUT2D eigenvalue weighted by molar-refractivity contribution is -0.123. The van der Waals surface area contributed by atoms with E-state index in [1.807, 2.05) is 24.3 Å². The molecule has 0 saturated heterocycles. The summed E-state index contributed by atoms with van der Waals surface area (Å²) in [6, 6.07) is 8.55. The average molecular weight is 470 g/mol. The number of hydrogen-bond donors (Lipinski definition) is 3. The normalized spacial score (nSPS) is 16.7. The third kappa shape index (κ3) is 6.86. The Hall–Kier alpha value is -1.77. The number of aliphatic imine (C=N–C) groups is 1. The van der Waals surface area contributed by atoms with Crippen molar-refractivity contribution in [1.29, 1.82) is 0 Å². The van der Waals surface area contributed by atoms with Gasteiger partial charge >= 0.3 is 0 Å². The van der Waals surface area contributed by atoms with Gasteiger partial charge in [0.05, 0.1) is 0 Å². The van der Waals surface area contributed by atoms with Crippen molar-refractivity contribution in [3.63, 3.8) is 0 Å². The Kier molecular flexibility index (Phi) is 8.21. The number of ether oxygens (including phenoxy) is 1. The number of rotatable bonds is 7. The number of guanidine groups is 1. The number of hydrogen-bond acceptors (Lipinski definition) is 3. The van der Waals surface area contributed by atoms with Crippen molar-refractivity contribution in [2.45, 2.75) is 44.3 Å². The van der Waals surface area contributed by atoms with E-state index in [2.05, 4.69) is 33.1 Å². The minimum atomic E-state index is -0.0548. The Balaban J connectivity index is 0.00000243. The van der Waals surface area contributed by atoms with E-state index >= 15 is 0 Å².